The number of benzene rings is 1. The Morgan fingerprint density at radius 3 is 2.39 bits per heavy atom. The third kappa shape index (κ3) is 1.79. The number of anilines is 2. The van der Waals surface area contributed by atoms with Gasteiger partial charge in [0.1, 0.15) is 0 Å². The van der Waals surface area contributed by atoms with Crippen molar-refractivity contribution in [1.82, 2.24) is 0 Å². The lowest BCUT2D eigenvalue weighted by Gasteiger charge is -2.54. The molecule has 1 heterocycles. The molecule has 1 saturated heterocycles. The predicted molar refractivity (Wildman–Crippen MR) is 78.1 cm³/mol. The summed E-state index contributed by atoms with van der Waals surface area (Å²) in [5, 5.41) is 0. The van der Waals surface area contributed by atoms with E-state index in [1.165, 1.54) is 62.0 Å². The number of aryl methyl sites for hydroxylation is 1. The third-order valence-corrected chi connectivity index (χ3v) is 4.96. The molecule has 0 amide bonds. The summed E-state index contributed by atoms with van der Waals surface area (Å²) in [5.41, 5.74) is 11.6. The summed E-state index contributed by atoms with van der Waals surface area (Å²) in [7, 11) is 0. The normalized spacial score (nSPS) is 22.0. The molecule has 2 nitrogen and oxygen atoms in total. The van der Waals surface area contributed by atoms with Crippen molar-refractivity contribution in [3.05, 3.63) is 23.3 Å². The van der Waals surface area contributed by atoms with Crippen molar-refractivity contribution in [1.29, 1.82) is 0 Å². The minimum atomic E-state index is 0.641. The van der Waals surface area contributed by atoms with Crippen molar-refractivity contribution in [3.8, 4) is 0 Å². The summed E-state index contributed by atoms with van der Waals surface area (Å²) in [6.07, 6.45) is 7.18. The van der Waals surface area contributed by atoms with E-state index >= 15 is 0 Å². The fourth-order valence-electron chi connectivity index (χ4n) is 3.88. The van der Waals surface area contributed by atoms with Gasteiger partial charge in [-0.1, -0.05) is 25.3 Å². The van der Waals surface area contributed by atoms with Crippen LogP contribution in [-0.2, 0) is 0 Å². The zero-order valence-corrected chi connectivity index (χ0v) is 11.6. The lowest BCUT2D eigenvalue weighted by Crippen LogP contribution is -2.57. The number of nitrogen functional groups attached to an aromatic ring is 1. The maximum atomic E-state index is 6.05. The first-order valence-corrected chi connectivity index (χ1v) is 7.22. The van der Waals surface area contributed by atoms with Crippen molar-refractivity contribution >= 4 is 11.4 Å². The van der Waals surface area contributed by atoms with Crippen molar-refractivity contribution in [3.63, 3.8) is 0 Å². The number of nitrogens with two attached hydrogens (primary N) is 1. The summed E-state index contributed by atoms with van der Waals surface area (Å²) in [5.74, 6) is 0. The monoisotopic (exact) mass is 244 g/mol. The highest BCUT2D eigenvalue weighted by Crippen LogP contribution is 2.47. The Balaban J connectivity index is 1.80. The molecule has 0 radical (unpaired) electrons. The smallest absolute Gasteiger partial charge is 0.0446 e. The van der Waals surface area contributed by atoms with Gasteiger partial charge in [-0.05, 0) is 43.9 Å². The van der Waals surface area contributed by atoms with E-state index in [4.69, 9.17) is 5.73 Å². The molecular formula is C16H24N2. The highest BCUT2D eigenvalue weighted by molar-refractivity contribution is 5.69. The Morgan fingerprint density at radius 2 is 1.72 bits per heavy atom. The van der Waals surface area contributed by atoms with E-state index in [0.717, 1.165) is 5.69 Å². The summed E-state index contributed by atoms with van der Waals surface area (Å²) in [6, 6.07) is 4.19. The van der Waals surface area contributed by atoms with E-state index < -0.39 is 0 Å². The Kier molecular flexibility index (Phi) is 2.76. The number of rotatable bonds is 1. The van der Waals surface area contributed by atoms with Gasteiger partial charge in [0.15, 0.2) is 0 Å². The van der Waals surface area contributed by atoms with E-state index in [1.807, 2.05) is 6.07 Å². The van der Waals surface area contributed by atoms with Crippen LogP contribution >= 0.6 is 0 Å². The van der Waals surface area contributed by atoms with E-state index in [0.29, 0.717) is 5.41 Å². The van der Waals surface area contributed by atoms with Crippen molar-refractivity contribution < 1.29 is 0 Å². The fourth-order valence-corrected chi connectivity index (χ4v) is 3.88. The molecule has 1 spiro atoms. The molecule has 2 aliphatic rings. The molecule has 0 atom stereocenters. The summed E-state index contributed by atoms with van der Waals surface area (Å²) in [4.78, 5) is 2.55. The van der Waals surface area contributed by atoms with Gasteiger partial charge < -0.3 is 10.6 Å². The molecule has 1 aliphatic carbocycles. The predicted octanol–water partition coefficient (Wildman–Crippen LogP) is 3.66. The Morgan fingerprint density at radius 1 is 1.06 bits per heavy atom. The van der Waals surface area contributed by atoms with Crippen LogP contribution in [0.25, 0.3) is 0 Å². The lowest BCUT2D eigenvalue weighted by molar-refractivity contribution is 0.139. The number of hydrogen-bond donors (Lipinski definition) is 1. The van der Waals surface area contributed by atoms with E-state index in [-0.39, 0.29) is 0 Å². The van der Waals surface area contributed by atoms with Gasteiger partial charge in [0.2, 0.25) is 0 Å². The first kappa shape index (κ1) is 11.9. The van der Waals surface area contributed by atoms with E-state index in [9.17, 15) is 0 Å². The van der Waals surface area contributed by atoms with Crippen molar-refractivity contribution in [2.45, 2.75) is 46.0 Å². The molecule has 0 bridgehead atoms. The van der Waals surface area contributed by atoms with Gasteiger partial charge in [-0.15, -0.1) is 0 Å². The van der Waals surface area contributed by atoms with Crippen LogP contribution in [0.5, 0.6) is 0 Å². The average molecular weight is 244 g/mol. The SMILES string of the molecule is Cc1ccc(N)c(C)c1N1CC2(CCCCC2)C1. The largest absolute Gasteiger partial charge is 0.398 e. The molecular weight excluding hydrogens is 220 g/mol. The van der Waals surface area contributed by atoms with Crippen LogP contribution in [0.2, 0.25) is 0 Å². The second-order valence-electron chi connectivity index (χ2n) is 6.36. The van der Waals surface area contributed by atoms with Crippen molar-refractivity contribution in [2.75, 3.05) is 23.7 Å². The molecule has 3 rings (SSSR count). The lowest BCUT2D eigenvalue weighted by atomic mass is 9.68. The van der Waals surface area contributed by atoms with Gasteiger partial charge in [0.25, 0.3) is 0 Å². The zero-order chi connectivity index (χ0) is 12.8. The Hall–Kier alpha value is -1.18. The fraction of sp³-hybridized carbons (Fsp3) is 0.625. The summed E-state index contributed by atoms with van der Waals surface area (Å²) >= 11 is 0. The highest BCUT2D eigenvalue weighted by atomic mass is 15.2. The molecule has 1 aromatic rings. The Labute approximate surface area is 110 Å². The molecule has 1 aliphatic heterocycles. The standard InChI is InChI=1S/C16H24N2/c1-12-6-7-14(17)13(2)15(12)18-10-16(11-18)8-4-3-5-9-16/h6-7H,3-5,8-11,17H2,1-2H3. The third-order valence-electron chi connectivity index (χ3n) is 4.96. The maximum Gasteiger partial charge on any atom is 0.0446 e. The van der Waals surface area contributed by atoms with Crippen LogP contribution in [0.4, 0.5) is 11.4 Å². The highest BCUT2D eigenvalue weighted by Gasteiger charge is 2.44. The topological polar surface area (TPSA) is 29.3 Å². The van der Waals surface area contributed by atoms with Crippen LogP contribution in [0, 0.1) is 19.3 Å². The van der Waals surface area contributed by atoms with Crippen LogP contribution in [0.15, 0.2) is 12.1 Å². The van der Waals surface area contributed by atoms with Crippen molar-refractivity contribution in [2.24, 2.45) is 5.41 Å². The first-order valence-electron chi connectivity index (χ1n) is 7.22. The summed E-state index contributed by atoms with van der Waals surface area (Å²) in [6.45, 7) is 6.85. The number of nitrogens with zero attached hydrogens (tertiary/aromatic N) is 1. The molecule has 1 aromatic carbocycles. The maximum absolute atomic E-state index is 6.05. The Bertz CT molecular complexity index is 450. The molecule has 1 saturated carbocycles. The quantitative estimate of drug-likeness (QED) is 0.764. The molecule has 18 heavy (non-hydrogen) atoms. The minimum absolute atomic E-state index is 0.641. The average Bonchev–Trinajstić information content (AvgIpc) is 2.34. The van der Waals surface area contributed by atoms with E-state index in [2.05, 4.69) is 24.8 Å². The molecule has 0 aromatic heterocycles. The molecule has 2 fully saturated rings. The van der Waals surface area contributed by atoms with Gasteiger partial charge in [0.05, 0.1) is 0 Å². The van der Waals surface area contributed by atoms with Gasteiger partial charge >= 0.3 is 0 Å². The molecule has 2 heteroatoms. The van der Waals surface area contributed by atoms with Gasteiger partial charge in [0, 0.05) is 29.9 Å². The zero-order valence-electron chi connectivity index (χ0n) is 11.6. The van der Waals surface area contributed by atoms with Gasteiger partial charge in [-0.25, -0.2) is 0 Å². The van der Waals surface area contributed by atoms with Gasteiger partial charge in [-0.2, -0.15) is 0 Å². The van der Waals surface area contributed by atoms with Crippen LogP contribution in [0.3, 0.4) is 0 Å². The minimum Gasteiger partial charge on any atom is -0.398 e. The first-order chi connectivity index (χ1) is 8.61. The second kappa shape index (κ2) is 4.18. The summed E-state index contributed by atoms with van der Waals surface area (Å²) < 4.78 is 0. The molecule has 98 valence electrons. The van der Waals surface area contributed by atoms with Crippen LogP contribution in [0.1, 0.15) is 43.2 Å². The van der Waals surface area contributed by atoms with E-state index in [1.54, 1.807) is 0 Å². The molecule has 0 unspecified atom stereocenters. The second-order valence-corrected chi connectivity index (χ2v) is 6.36. The van der Waals surface area contributed by atoms with Crippen LogP contribution in [-0.4, -0.2) is 13.1 Å². The van der Waals surface area contributed by atoms with Gasteiger partial charge in [-0.3, -0.25) is 0 Å². The van der Waals surface area contributed by atoms with Crippen LogP contribution < -0.4 is 10.6 Å². The number of hydrogen-bond acceptors (Lipinski definition) is 2. The molecule has 2 N–H and O–H groups in total.